The highest BCUT2D eigenvalue weighted by atomic mass is 35.5. The van der Waals surface area contributed by atoms with Crippen LogP contribution in [0.15, 0.2) is 47.4 Å². The summed E-state index contributed by atoms with van der Waals surface area (Å²) in [4.78, 5) is 0.166. The maximum atomic E-state index is 13.0. The number of hydrogen-bond donors (Lipinski definition) is 0. The lowest BCUT2D eigenvalue weighted by molar-refractivity contribution is 0.434. The molecule has 1 aliphatic rings. The molecule has 0 spiro atoms. The molecule has 1 fully saturated rings. The lowest BCUT2D eigenvalue weighted by atomic mass is 10.2. The summed E-state index contributed by atoms with van der Waals surface area (Å²) >= 11 is 13.7. The van der Waals surface area contributed by atoms with Gasteiger partial charge in [0.1, 0.15) is 0 Å². The first-order chi connectivity index (χ1) is 11.4. The average Bonchev–Trinajstić information content (AvgIpc) is 3.05. The Morgan fingerprint density at radius 1 is 1.17 bits per heavy atom. The van der Waals surface area contributed by atoms with Crippen molar-refractivity contribution in [1.82, 2.24) is 4.31 Å². The van der Waals surface area contributed by atoms with E-state index < -0.39 is 15.4 Å². The summed E-state index contributed by atoms with van der Waals surface area (Å²) in [6.07, 6.45) is 0. The number of hydrogen-bond acceptors (Lipinski definition) is 4. The molecule has 0 bridgehead atoms. The van der Waals surface area contributed by atoms with Gasteiger partial charge in [0.2, 0.25) is 10.0 Å². The van der Waals surface area contributed by atoms with Crippen LogP contribution < -0.4 is 0 Å². The molecule has 3 rings (SSSR count). The van der Waals surface area contributed by atoms with E-state index in [0.29, 0.717) is 27.9 Å². The van der Waals surface area contributed by atoms with Crippen LogP contribution in [0.25, 0.3) is 0 Å². The highest BCUT2D eigenvalue weighted by Crippen LogP contribution is 2.44. The van der Waals surface area contributed by atoms with Crippen molar-refractivity contribution in [2.75, 3.05) is 12.3 Å². The lowest BCUT2D eigenvalue weighted by Crippen LogP contribution is -2.30. The smallest absolute Gasteiger partial charge is 0.207 e. The van der Waals surface area contributed by atoms with Gasteiger partial charge < -0.3 is 0 Å². The Morgan fingerprint density at radius 3 is 2.50 bits per heavy atom. The Hall–Kier alpha value is -1.23. The van der Waals surface area contributed by atoms with Crippen LogP contribution in [0.2, 0.25) is 10.0 Å². The van der Waals surface area contributed by atoms with Crippen LogP contribution in [0.1, 0.15) is 16.5 Å². The topological polar surface area (TPSA) is 61.2 Å². The van der Waals surface area contributed by atoms with Crippen LogP contribution in [0.4, 0.5) is 0 Å². The van der Waals surface area contributed by atoms with E-state index in [4.69, 9.17) is 28.5 Å². The molecule has 2 aromatic carbocycles. The largest absolute Gasteiger partial charge is 0.244 e. The molecule has 0 aromatic heterocycles. The fraction of sp³-hybridized carbons (Fsp3) is 0.188. The molecule has 0 aliphatic carbocycles. The molecule has 1 heterocycles. The number of thioether (sulfide) groups is 1. The van der Waals surface area contributed by atoms with Gasteiger partial charge in [-0.2, -0.15) is 9.57 Å². The van der Waals surface area contributed by atoms with Crippen LogP contribution in [0.3, 0.4) is 0 Å². The van der Waals surface area contributed by atoms with Crippen molar-refractivity contribution in [2.24, 2.45) is 0 Å². The Morgan fingerprint density at radius 2 is 1.88 bits per heavy atom. The molecule has 1 saturated heterocycles. The maximum absolute atomic E-state index is 13.0. The summed E-state index contributed by atoms with van der Waals surface area (Å²) in [7, 11) is -3.68. The summed E-state index contributed by atoms with van der Waals surface area (Å²) in [5.74, 6) is 0.680. The quantitative estimate of drug-likeness (QED) is 0.772. The van der Waals surface area contributed by atoms with Gasteiger partial charge in [0.25, 0.3) is 0 Å². The summed E-state index contributed by atoms with van der Waals surface area (Å²) in [5, 5.41) is 9.41. The second kappa shape index (κ2) is 6.95. The predicted molar refractivity (Wildman–Crippen MR) is 96.7 cm³/mol. The van der Waals surface area contributed by atoms with Crippen LogP contribution >= 0.6 is 35.0 Å². The summed E-state index contributed by atoms with van der Waals surface area (Å²) in [5.41, 5.74) is 1.14. The van der Waals surface area contributed by atoms with Gasteiger partial charge in [-0.05, 0) is 42.0 Å². The standard InChI is InChI=1S/C16H12Cl2N2O2S2/c17-12-3-6-14(15(18)9-12)16-20(7-8-23-16)24(21,22)13-4-1-11(10-19)2-5-13/h1-6,9,16H,7-8H2. The summed E-state index contributed by atoms with van der Waals surface area (Å²) < 4.78 is 27.4. The fourth-order valence-electron chi connectivity index (χ4n) is 2.48. The third-order valence-electron chi connectivity index (χ3n) is 3.67. The van der Waals surface area contributed by atoms with Gasteiger partial charge in [-0.15, -0.1) is 11.8 Å². The van der Waals surface area contributed by atoms with E-state index in [-0.39, 0.29) is 4.90 Å². The normalized spacial score (nSPS) is 18.5. The Bertz CT molecular complexity index is 909. The second-order valence-corrected chi connectivity index (χ2v) is 9.06. The van der Waals surface area contributed by atoms with Crippen LogP contribution in [-0.4, -0.2) is 25.0 Å². The van der Waals surface area contributed by atoms with Crippen molar-refractivity contribution in [3.63, 3.8) is 0 Å². The van der Waals surface area contributed by atoms with E-state index in [2.05, 4.69) is 0 Å². The van der Waals surface area contributed by atoms with Gasteiger partial charge in [0, 0.05) is 22.3 Å². The van der Waals surface area contributed by atoms with Crippen molar-refractivity contribution in [3.8, 4) is 6.07 Å². The van der Waals surface area contributed by atoms with Crippen molar-refractivity contribution < 1.29 is 8.42 Å². The Labute approximate surface area is 155 Å². The van der Waals surface area contributed by atoms with E-state index in [9.17, 15) is 8.42 Å². The third-order valence-corrected chi connectivity index (χ3v) is 7.48. The molecule has 1 atom stereocenters. The predicted octanol–water partition coefficient (Wildman–Crippen LogP) is 4.30. The highest BCUT2D eigenvalue weighted by molar-refractivity contribution is 8.01. The number of benzene rings is 2. The van der Waals surface area contributed by atoms with E-state index >= 15 is 0 Å². The molecule has 124 valence electrons. The van der Waals surface area contributed by atoms with E-state index in [1.165, 1.54) is 40.3 Å². The first-order valence-corrected chi connectivity index (χ1v) is 10.3. The molecule has 0 saturated carbocycles. The molecular weight excluding hydrogens is 387 g/mol. The highest BCUT2D eigenvalue weighted by Gasteiger charge is 2.37. The van der Waals surface area contributed by atoms with Gasteiger partial charge in [-0.25, -0.2) is 8.42 Å². The van der Waals surface area contributed by atoms with Crippen molar-refractivity contribution >= 4 is 45.0 Å². The Kier molecular flexibility index (Phi) is 5.09. The zero-order valence-electron chi connectivity index (χ0n) is 12.3. The zero-order chi connectivity index (χ0) is 17.3. The van der Waals surface area contributed by atoms with Crippen LogP contribution in [0, 0.1) is 11.3 Å². The molecule has 1 unspecified atom stereocenters. The fourth-order valence-corrected chi connectivity index (χ4v) is 6.33. The second-order valence-electron chi connectivity index (χ2n) is 5.14. The van der Waals surface area contributed by atoms with Crippen molar-refractivity contribution in [2.45, 2.75) is 10.3 Å². The summed E-state index contributed by atoms with van der Waals surface area (Å²) in [6, 6.07) is 13.0. The minimum atomic E-state index is -3.68. The SMILES string of the molecule is N#Cc1ccc(S(=O)(=O)N2CCSC2c2ccc(Cl)cc2Cl)cc1. The average molecular weight is 399 g/mol. The number of nitrogens with zero attached hydrogens (tertiary/aromatic N) is 2. The third kappa shape index (κ3) is 3.28. The van der Waals surface area contributed by atoms with Gasteiger partial charge in [-0.1, -0.05) is 29.3 Å². The molecule has 1 aliphatic heterocycles. The molecule has 8 heteroatoms. The molecule has 0 N–H and O–H groups in total. The maximum Gasteiger partial charge on any atom is 0.244 e. The van der Waals surface area contributed by atoms with Crippen LogP contribution in [-0.2, 0) is 10.0 Å². The van der Waals surface area contributed by atoms with Gasteiger partial charge in [0.05, 0.1) is 21.9 Å². The number of nitriles is 1. The molecule has 2 aromatic rings. The number of halogens is 2. The van der Waals surface area contributed by atoms with Crippen molar-refractivity contribution in [1.29, 1.82) is 5.26 Å². The monoisotopic (exact) mass is 398 g/mol. The summed E-state index contributed by atoms with van der Waals surface area (Å²) in [6.45, 7) is 0.399. The molecule has 4 nitrogen and oxygen atoms in total. The number of sulfonamides is 1. The van der Waals surface area contributed by atoms with E-state index in [0.717, 1.165) is 5.56 Å². The van der Waals surface area contributed by atoms with Crippen LogP contribution in [0.5, 0.6) is 0 Å². The van der Waals surface area contributed by atoms with Gasteiger partial charge in [-0.3, -0.25) is 0 Å². The van der Waals surface area contributed by atoms with E-state index in [1.54, 1.807) is 18.2 Å². The lowest BCUT2D eigenvalue weighted by Gasteiger charge is -2.24. The first kappa shape index (κ1) is 17.6. The van der Waals surface area contributed by atoms with Gasteiger partial charge >= 0.3 is 0 Å². The molecule has 0 amide bonds. The van der Waals surface area contributed by atoms with E-state index in [1.807, 2.05) is 6.07 Å². The number of rotatable bonds is 3. The molecular formula is C16H12Cl2N2O2S2. The zero-order valence-corrected chi connectivity index (χ0v) is 15.5. The van der Waals surface area contributed by atoms with Gasteiger partial charge in [0.15, 0.2) is 0 Å². The minimum absolute atomic E-state index is 0.166. The molecule has 0 radical (unpaired) electrons. The van der Waals surface area contributed by atoms with Crippen molar-refractivity contribution in [3.05, 3.63) is 63.6 Å². The Balaban J connectivity index is 1.98. The molecule has 24 heavy (non-hydrogen) atoms. The first-order valence-electron chi connectivity index (χ1n) is 7.02. The minimum Gasteiger partial charge on any atom is -0.207 e.